The van der Waals surface area contributed by atoms with Crippen LogP contribution in [0.1, 0.15) is 37.3 Å². The van der Waals surface area contributed by atoms with Gasteiger partial charge in [-0.15, -0.1) is 0 Å². The van der Waals surface area contributed by atoms with Crippen molar-refractivity contribution in [3.8, 4) is 17.2 Å². The maximum Gasteiger partial charge on any atom is 0.274 e. The first-order chi connectivity index (χ1) is 18.0. The Labute approximate surface area is 232 Å². The Morgan fingerprint density at radius 2 is 1.84 bits per heavy atom. The minimum Gasteiger partial charge on any atom is -0.493 e. The number of imidazole rings is 1. The Morgan fingerprint density at radius 1 is 1.08 bits per heavy atom. The SMILES string of the molecule is CCC(C)c1ccc(OCCOc2c(I)cc(/C=c3\sc4nc5ccccc5n4c3=O)cc2OC)cc1. The monoisotopic (exact) mass is 626 g/mol. The summed E-state index contributed by atoms with van der Waals surface area (Å²) in [5, 5.41) is 0. The first-order valence-corrected chi connectivity index (χ1v) is 14.0. The lowest BCUT2D eigenvalue weighted by molar-refractivity contribution is 0.210. The molecule has 0 aliphatic carbocycles. The summed E-state index contributed by atoms with van der Waals surface area (Å²) >= 11 is 3.61. The van der Waals surface area contributed by atoms with Gasteiger partial charge in [-0.05, 0) is 88.5 Å². The molecule has 0 aliphatic heterocycles. The van der Waals surface area contributed by atoms with E-state index in [2.05, 4.69) is 53.6 Å². The average Bonchev–Trinajstić information content (AvgIpc) is 3.42. The molecule has 3 aromatic carbocycles. The summed E-state index contributed by atoms with van der Waals surface area (Å²) in [6.45, 7) is 5.21. The third kappa shape index (κ3) is 5.31. The molecule has 37 heavy (non-hydrogen) atoms. The Morgan fingerprint density at radius 3 is 2.59 bits per heavy atom. The molecule has 8 heteroatoms. The second-order valence-corrected chi connectivity index (χ2v) is 10.9. The quantitative estimate of drug-likeness (QED) is 0.148. The third-order valence-corrected chi connectivity index (χ3v) is 8.12. The van der Waals surface area contributed by atoms with E-state index in [1.807, 2.05) is 54.6 Å². The van der Waals surface area contributed by atoms with Crippen LogP contribution < -0.4 is 24.3 Å². The van der Waals surface area contributed by atoms with Crippen molar-refractivity contribution in [2.75, 3.05) is 20.3 Å². The number of halogens is 1. The molecule has 0 fully saturated rings. The fraction of sp³-hybridized carbons (Fsp3) is 0.241. The van der Waals surface area contributed by atoms with Crippen LogP contribution in [0.3, 0.4) is 0 Å². The molecule has 2 heterocycles. The highest BCUT2D eigenvalue weighted by Gasteiger charge is 2.14. The largest absolute Gasteiger partial charge is 0.493 e. The van der Waals surface area contributed by atoms with Crippen molar-refractivity contribution in [1.82, 2.24) is 9.38 Å². The molecule has 0 radical (unpaired) electrons. The van der Waals surface area contributed by atoms with Crippen LogP contribution in [0.5, 0.6) is 17.2 Å². The third-order valence-electron chi connectivity index (χ3n) is 6.35. The Hall–Kier alpha value is -3.11. The second kappa shape index (κ2) is 11.1. The fourth-order valence-electron chi connectivity index (χ4n) is 4.16. The van der Waals surface area contributed by atoms with Gasteiger partial charge < -0.3 is 14.2 Å². The number of nitrogens with zero attached hydrogens (tertiary/aromatic N) is 2. The van der Waals surface area contributed by atoms with Crippen LogP contribution in [0.15, 0.2) is 65.5 Å². The van der Waals surface area contributed by atoms with E-state index >= 15 is 0 Å². The summed E-state index contributed by atoms with van der Waals surface area (Å²) in [6, 6.07) is 19.8. The van der Waals surface area contributed by atoms with Gasteiger partial charge >= 0.3 is 0 Å². The summed E-state index contributed by atoms with van der Waals surface area (Å²) in [4.78, 5) is 18.4. The number of benzene rings is 3. The second-order valence-electron chi connectivity index (χ2n) is 8.74. The topological polar surface area (TPSA) is 62.1 Å². The van der Waals surface area contributed by atoms with Crippen molar-refractivity contribution in [1.29, 1.82) is 0 Å². The number of para-hydroxylation sites is 2. The van der Waals surface area contributed by atoms with E-state index in [4.69, 9.17) is 14.2 Å². The molecule has 2 aromatic heterocycles. The van der Waals surface area contributed by atoms with E-state index in [1.54, 1.807) is 11.5 Å². The first kappa shape index (κ1) is 25.5. The standard InChI is InChI=1S/C29H27IN2O4S/c1-4-18(2)20-9-11-21(12-10-20)35-13-14-36-27-22(30)15-19(16-25(27)34-3)17-26-28(33)32-24-8-6-5-7-23(24)31-29(32)37-26/h5-12,15-18H,4,13-14H2,1-3H3/b26-17-. The Balaban J connectivity index is 1.31. The zero-order chi connectivity index (χ0) is 25.9. The Bertz CT molecular complexity index is 1660. The van der Waals surface area contributed by atoms with Gasteiger partial charge in [0.15, 0.2) is 16.5 Å². The predicted octanol–water partition coefficient (Wildman–Crippen LogP) is 6.04. The maximum absolute atomic E-state index is 13.1. The molecule has 0 amide bonds. The van der Waals surface area contributed by atoms with E-state index in [9.17, 15) is 4.79 Å². The molecule has 5 aromatic rings. The summed E-state index contributed by atoms with van der Waals surface area (Å²) in [6.07, 6.45) is 2.99. The normalized spacial score (nSPS) is 12.8. The molecule has 190 valence electrons. The molecule has 0 bridgehead atoms. The molecule has 6 nitrogen and oxygen atoms in total. The minimum absolute atomic E-state index is 0.0719. The maximum atomic E-state index is 13.1. The van der Waals surface area contributed by atoms with Crippen molar-refractivity contribution in [3.63, 3.8) is 0 Å². The van der Waals surface area contributed by atoms with Gasteiger partial charge in [-0.3, -0.25) is 4.79 Å². The summed E-state index contributed by atoms with van der Waals surface area (Å²) in [5.41, 5.74) is 3.75. The van der Waals surface area contributed by atoms with E-state index in [0.29, 0.717) is 40.1 Å². The van der Waals surface area contributed by atoms with Crippen LogP contribution in [-0.2, 0) is 0 Å². The number of fused-ring (bicyclic) bond motifs is 3. The summed E-state index contributed by atoms with van der Waals surface area (Å²) in [5.74, 6) is 2.63. The number of hydrogen-bond acceptors (Lipinski definition) is 6. The highest BCUT2D eigenvalue weighted by Crippen LogP contribution is 2.34. The summed E-state index contributed by atoms with van der Waals surface area (Å²) in [7, 11) is 1.61. The zero-order valence-electron chi connectivity index (χ0n) is 20.9. The number of ether oxygens (including phenoxy) is 3. The lowest BCUT2D eigenvalue weighted by Gasteiger charge is -2.14. The summed E-state index contributed by atoms with van der Waals surface area (Å²) < 4.78 is 20.7. The fourth-order valence-corrected chi connectivity index (χ4v) is 5.93. The predicted molar refractivity (Wildman–Crippen MR) is 157 cm³/mol. The van der Waals surface area contributed by atoms with Gasteiger partial charge in [-0.2, -0.15) is 0 Å². The van der Waals surface area contributed by atoms with E-state index in [1.165, 1.54) is 16.9 Å². The smallest absolute Gasteiger partial charge is 0.274 e. The van der Waals surface area contributed by atoms with Gasteiger partial charge in [0.1, 0.15) is 19.0 Å². The molecule has 0 N–H and O–H groups in total. The van der Waals surface area contributed by atoms with Crippen molar-refractivity contribution >= 4 is 56.0 Å². The molecule has 1 atom stereocenters. The van der Waals surface area contributed by atoms with Crippen molar-refractivity contribution < 1.29 is 14.2 Å². The number of thiazole rings is 1. The van der Waals surface area contributed by atoms with Gasteiger partial charge in [0, 0.05) is 0 Å². The van der Waals surface area contributed by atoms with Gasteiger partial charge in [-0.1, -0.05) is 49.4 Å². The van der Waals surface area contributed by atoms with Crippen LogP contribution in [0.4, 0.5) is 0 Å². The molecular weight excluding hydrogens is 599 g/mol. The lowest BCUT2D eigenvalue weighted by Crippen LogP contribution is -2.22. The molecular formula is C29H27IN2O4S. The number of methoxy groups -OCH3 is 1. The zero-order valence-corrected chi connectivity index (χ0v) is 23.8. The van der Waals surface area contributed by atoms with Crippen LogP contribution in [0, 0.1) is 3.57 Å². The average molecular weight is 627 g/mol. The molecule has 0 saturated heterocycles. The number of rotatable bonds is 9. The minimum atomic E-state index is -0.0719. The molecule has 5 rings (SSSR count). The van der Waals surface area contributed by atoms with Gasteiger partial charge in [-0.25, -0.2) is 9.38 Å². The first-order valence-electron chi connectivity index (χ1n) is 12.1. The molecule has 0 spiro atoms. The van der Waals surface area contributed by atoms with Crippen molar-refractivity contribution in [2.24, 2.45) is 0 Å². The lowest BCUT2D eigenvalue weighted by atomic mass is 9.99. The van der Waals surface area contributed by atoms with Crippen LogP contribution in [0.25, 0.3) is 22.1 Å². The van der Waals surface area contributed by atoms with Gasteiger partial charge in [0.05, 0.1) is 26.2 Å². The van der Waals surface area contributed by atoms with Crippen molar-refractivity contribution in [3.05, 3.63) is 90.2 Å². The number of aromatic nitrogens is 2. The Kier molecular flexibility index (Phi) is 7.66. The van der Waals surface area contributed by atoms with Crippen LogP contribution >= 0.6 is 33.9 Å². The van der Waals surface area contributed by atoms with E-state index in [0.717, 1.165) is 32.3 Å². The van der Waals surface area contributed by atoms with Crippen molar-refractivity contribution in [2.45, 2.75) is 26.2 Å². The molecule has 1 unspecified atom stereocenters. The number of hydrogen-bond donors (Lipinski definition) is 0. The van der Waals surface area contributed by atoms with Crippen LogP contribution in [0.2, 0.25) is 0 Å². The van der Waals surface area contributed by atoms with Gasteiger partial charge in [0.2, 0.25) is 0 Å². The van der Waals surface area contributed by atoms with E-state index in [-0.39, 0.29) is 5.56 Å². The highest BCUT2D eigenvalue weighted by molar-refractivity contribution is 14.1. The van der Waals surface area contributed by atoms with Crippen LogP contribution in [-0.4, -0.2) is 29.7 Å². The highest BCUT2D eigenvalue weighted by atomic mass is 127. The van der Waals surface area contributed by atoms with Gasteiger partial charge in [0.25, 0.3) is 5.56 Å². The molecule has 0 saturated carbocycles. The molecule has 0 aliphatic rings. The van der Waals surface area contributed by atoms with E-state index < -0.39 is 0 Å².